The van der Waals surface area contributed by atoms with Gasteiger partial charge in [-0.25, -0.2) is 0 Å². The molecule has 1 aliphatic carbocycles. The first-order valence-corrected chi connectivity index (χ1v) is 12.9. The van der Waals surface area contributed by atoms with Crippen molar-refractivity contribution in [1.29, 1.82) is 0 Å². The van der Waals surface area contributed by atoms with Crippen molar-refractivity contribution in [3.8, 4) is 23.0 Å². The largest absolute Gasteiger partial charge is 0.493 e. The molecule has 1 N–H and O–H groups in total. The van der Waals surface area contributed by atoms with Gasteiger partial charge in [-0.2, -0.15) is 0 Å². The molecule has 0 saturated heterocycles. The van der Waals surface area contributed by atoms with E-state index in [0.717, 1.165) is 0 Å². The van der Waals surface area contributed by atoms with Crippen LogP contribution in [0, 0.1) is 0 Å². The highest BCUT2D eigenvalue weighted by molar-refractivity contribution is 6.13. The molecule has 0 heterocycles. The first kappa shape index (κ1) is 27.0. The van der Waals surface area contributed by atoms with Gasteiger partial charge in [-0.1, -0.05) is 66.7 Å². The maximum Gasteiger partial charge on any atom is 0.308 e. The minimum atomic E-state index is -1.68. The van der Waals surface area contributed by atoms with Crippen LogP contribution in [0.1, 0.15) is 52.4 Å². The first-order chi connectivity index (χ1) is 19.3. The summed E-state index contributed by atoms with van der Waals surface area (Å²) in [6.07, 6.45) is -0.653. The Bertz CT molecular complexity index is 1530. The van der Waals surface area contributed by atoms with Gasteiger partial charge >= 0.3 is 5.97 Å². The second-order valence-electron chi connectivity index (χ2n) is 9.64. The van der Waals surface area contributed by atoms with Crippen LogP contribution in [0.15, 0.2) is 91.0 Å². The van der Waals surface area contributed by atoms with Gasteiger partial charge in [-0.3, -0.25) is 9.59 Å². The van der Waals surface area contributed by atoms with Crippen LogP contribution < -0.4 is 18.9 Å². The number of hydrogen-bond acceptors (Lipinski definition) is 7. The molecule has 204 valence electrons. The third-order valence-corrected chi connectivity index (χ3v) is 7.27. The molecule has 7 heteroatoms. The van der Waals surface area contributed by atoms with Crippen LogP contribution in [0.4, 0.5) is 0 Å². The summed E-state index contributed by atoms with van der Waals surface area (Å²) in [6, 6.07) is 26.6. The number of aliphatic hydroxyl groups is 1. The van der Waals surface area contributed by atoms with Crippen molar-refractivity contribution in [3.05, 3.63) is 119 Å². The Morgan fingerprint density at radius 1 is 0.750 bits per heavy atom. The second kappa shape index (κ2) is 10.9. The summed E-state index contributed by atoms with van der Waals surface area (Å²) in [5.41, 5.74) is 0.751. The van der Waals surface area contributed by atoms with Gasteiger partial charge in [0.2, 0.25) is 0 Å². The predicted molar refractivity (Wildman–Crippen MR) is 149 cm³/mol. The molecule has 4 aromatic rings. The van der Waals surface area contributed by atoms with E-state index >= 15 is 0 Å². The summed E-state index contributed by atoms with van der Waals surface area (Å²) < 4.78 is 22.9. The van der Waals surface area contributed by atoms with Crippen LogP contribution in [-0.4, -0.2) is 37.2 Å². The summed E-state index contributed by atoms with van der Waals surface area (Å²) in [6.45, 7) is 3.18. The van der Waals surface area contributed by atoms with E-state index in [2.05, 4.69) is 0 Å². The molecule has 0 unspecified atom stereocenters. The van der Waals surface area contributed by atoms with Crippen molar-refractivity contribution in [3.63, 3.8) is 0 Å². The molecule has 0 fully saturated rings. The Morgan fingerprint density at radius 2 is 1.30 bits per heavy atom. The average molecular weight is 539 g/mol. The van der Waals surface area contributed by atoms with Crippen LogP contribution >= 0.6 is 0 Å². The van der Waals surface area contributed by atoms with E-state index < -0.39 is 23.6 Å². The lowest BCUT2D eigenvalue weighted by Gasteiger charge is -2.44. The lowest BCUT2D eigenvalue weighted by Crippen LogP contribution is -2.46. The molecule has 2 atom stereocenters. The van der Waals surface area contributed by atoms with Crippen LogP contribution in [-0.2, 0) is 10.4 Å². The number of benzene rings is 4. The van der Waals surface area contributed by atoms with E-state index in [-0.39, 0.29) is 11.5 Å². The summed E-state index contributed by atoms with van der Waals surface area (Å²) >= 11 is 0. The molecule has 0 aliphatic heterocycles. The standard InChI is InChI=1S/C33H30O7/c1-20(39-28-16-10-9-15-27(28)37-3)31(22-17-18-29(40-21(2)34)30(19-22)38-4)33(36)25-13-7-5-11-23(25)32(35)24-12-6-8-14-26(24)33/h5-20,31,36H,1-4H3/t20-,31-/m1/s1. The van der Waals surface area contributed by atoms with E-state index in [0.29, 0.717) is 45.1 Å². The highest BCUT2D eigenvalue weighted by atomic mass is 16.6. The van der Waals surface area contributed by atoms with Gasteiger partial charge in [-0.15, -0.1) is 0 Å². The van der Waals surface area contributed by atoms with Crippen molar-refractivity contribution in [2.45, 2.75) is 31.5 Å². The number of ether oxygens (including phenoxy) is 4. The molecule has 4 aromatic carbocycles. The Hall–Kier alpha value is -4.62. The molecular weight excluding hydrogens is 508 g/mol. The Balaban J connectivity index is 1.75. The van der Waals surface area contributed by atoms with Crippen LogP contribution in [0.25, 0.3) is 0 Å². The number of rotatable bonds is 8. The van der Waals surface area contributed by atoms with Crippen molar-refractivity contribution in [1.82, 2.24) is 0 Å². The predicted octanol–water partition coefficient (Wildman–Crippen LogP) is 5.66. The number of carbonyl (C=O) groups is 2. The SMILES string of the molecule is COc1cc([C@@H]([C@@H](C)Oc2ccccc2OC)C2(O)c3ccccc3C(=O)c3ccccc32)ccc1OC(C)=O. The zero-order chi connectivity index (χ0) is 28.4. The molecule has 0 spiro atoms. The molecule has 0 aromatic heterocycles. The molecule has 0 saturated carbocycles. The third-order valence-electron chi connectivity index (χ3n) is 7.27. The molecule has 7 nitrogen and oxygen atoms in total. The lowest BCUT2D eigenvalue weighted by atomic mass is 9.65. The van der Waals surface area contributed by atoms with E-state index in [4.69, 9.17) is 18.9 Å². The number of methoxy groups -OCH3 is 2. The summed E-state index contributed by atoms with van der Waals surface area (Å²) in [5.74, 6) is 0.221. The van der Waals surface area contributed by atoms with Crippen molar-refractivity contribution in [2.75, 3.05) is 14.2 Å². The van der Waals surface area contributed by atoms with Gasteiger partial charge in [-0.05, 0) is 47.9 Å². The molecule has 1 aliphatic rings. The van der Waals surface area contributed by atoms with Crippen LogP contribution in [0.3, 0.4) is 0 Å². The lowest BCUT2D eigenvalue weighted by molar-refractivity contribution is -0.132. The molecule has 5 rings (SSSR count). The minimum Gasteiger partial charge on any atom is -0.493 e. The monoisotopic (exact) mass is 538 g/mol. The topological polar surface area (TPSA) is 91.3 Å². The van der Waals surface area contributed by atoms with Crippen molar-refractivity contribution < 1.29 is 33.6 Å². The van der Waals surface area contributed by atoms with Crippen LogP contribution in [0.5, 0.6) is 23.0 Å². The van der Waals surface area contributed by atoms with Gasteiger partial charge in [0.25, 0.3) is 0 Å². The van der Waals surface area contributed by atoms with E-state index in [1.54, 1.807) is 86.0 Å². The zero-order valence-electron chi connectivity index (χ0n) is 22.7. The number of hydrogen-bond donors (Lipinski definition) is 1. The number of para-hydroxylation sites is 2. The third kappa shape index (κ3) is 4.58. The van der Waals surface area contributed by atoms with Crippen LogP contribution in [0.2, 0.25) is 0 Å². The normalized spacial score (nSPS) is 14.8. The van der Waals surface area contributed by atoms with Gasteiger partial charge in [0.05, 0.1) is 20.1 Å². The number of fused-ring (bicyclic) bond motifs is 2. The maximum atomic E-state index is 13.5. The second-order valence-corrected chi connectivity index (χ2v) is 9.64. The minimum absolute atomic E-state index is 0.157. The fraction of sp³-hybridized carbons (Fsp3) is 0.212. The molecule has 0 amide bonds. The molecule has 0 radical (unpaired) electrons. The smallest absolute Gasteiger partial charge is 0.308 e. The number of esters is 1. The number of carbonyl (C=O) groups excluding carboxylic acids is 2. The Labute approximate surface area is 232 Å². The number of ketones is 1. The van der Waals surface area contributed by atoms with Crippen molar-refractivity contribution >= 4 is 11.8 Å². The first-order valence-electron chi connectivity index (χ1n) is 12.9. The highest BCUT2D eigenvalue weighted by Crippen LogP contribution is 2.51. The van der Waals surface area contributed by atoms with E-state index in [1.165, 1.54) is 14.0 Å². The summed E-state index contributed by atoms with van der Waals surface area (Å²) in [5, 5.41) is 13.0. The van der Waals surface area contributed by atoms with E-state index in [9.17, 15) is 14.7 Å². The van der Waals surface area contributed by atoms with Gasteiger partial charge in [0, 0.05) is 18.1 Å². The molecule has 40 heavy (non-hydrogen) atoms. The average Bonchev–Trinajstić information content (AvgIpc) is 2.97. The van der Waals surface area contributed by atoms with Crippen molar-refractivity contribution in [2.24, 2.45) is 0 Å². The summed E-state index contributed by atoms with van der Waals surface area (Å²) in [7, 11) is 3.05. The molecular formula is C33H30O7. The van der Waals surface area contributed by atoms with Gasteiger partial charge < -0.3 is 24.1 Å². The fourth-order valence-corrected chi connectivity index (χ4v) is 5.61. The quantitative estimate of drug-likeness (QED) is 0.229. The van der Waals surface area contributed by atoms with E-state index in [1.807, 2.05) is 19.1 Å². The summed E-state index contributed by atoms with van der Waals surface area (Å²) in [4.78, 5) is 25.2. The Kier molecular flexibility index (Phi) is 7.32. The fourth-order valence-electron chi connectivity index (χ4n) is 5.61. The van der Waals surface area contributed by atoms with Gasteiger partial charge in [0.1, 0.15) is 11.7 Å². The Morgan fingerprint density at radius 3 is 1.88 bits per heavy atom. The highest BCUT2D eigenvalue weighted by Gasteiger charge is 2.51. The maximum absolute atomic E-state index is 13.5. The zero-order valence-corrected chi connectivity index (χ0v) is 22.7. The molecule has 0 bridgehead atoms. The van der Waals surface area contributed by atoms with Gasteiger partial charge in [0.15, 0.2) is 28.8 Å².